The molecule has 0 radical (unpaired) electrons. The molecule has 0 fully saturated rings. The Bertz CT molecular complexity index is 1940. The van der Waals surface area contributed by atoms with Crippen molar-refractivity contribution in [2.45, 2.75) is 92.1 Å². The summed E-state index contributed by atoms with van der Waals surface area (Å²) in [5.74, 6) is -0.809. The summed E-state index contributed by atoms with van der Waals surface area (Å²) in [4.78, 5) is 43.3. The lowest BCUT2D eigenvalue weighted by Gasteiger charge is -2.17. The van der Waals surface area contributed by atoms with Crippen LogP contribution in [0.5, 0.6) is 0 Å². The molecule has 2 aliphatic rings. The average Bonchev–Trinajstić information content (AvgIpc) is 3.76. The van der Waals surface area contributed by atoms with Gasteiger partial charge in [-0.25, -0.2) is 9.78 Å². The van der Waals surface area contributed by atoms with E-state index in [2.05, 4.69) is 72.6 Å². The van der Waals surface area contributed by atoms with Crippen LogP contribution in [0.1, 0.15) is 115 Å². The number of fused-ring (bicyclic) bond motifs is 8. The van der Waals surface area contributed by atoms with Crippen LogP contribution in [0.25, 0.3) is 33.2 Å². The van der Waals surface area contributed by atoms with Crippen LogP contribution in [-0.4, -0.2) is 58.0 Å². The Balaban J connectivity index is 1.92. The lowest BCUT2D eigenvalue weighted by atomic mass is 9.85. The maximum atomic E-state index is 13.3. The Morgan fingerprint density at radius 2 is 1.65 bits per heavy atom. The van der Waals surface area contributed by atoms with Crippen molar-refractivity contribution < 1.29 is 23.8 Å². The van der Waals surface area contributed by atoms with Gasteiger partial charge in [-0.15, -0.1) is 0 Å². The molecule has 0 saturated heterocycles. The fraction of sp³-hybridized carbons (Fsp3) is 0.474. The van der Waals surface area contributed by atoms with Gasteiger partial charge in [-0.2, -0.15) is 0 Å². The van der Waals surface area contributed by atoms with E-state index in [0.29, 0.717) is 30.0 Å². The van der Waals surface area contributed by atoms with Crippen molar-refractivity contribution in [2.24, 2.45) is 0 Å². The number of allylic oxidation sites excluding steroid dienone is 1. The van der Waals surface area contributed by atoms with Crippen LogP contribution >= 0.6 is 15.9 Å². The molecule has 3 atom stereocenters. The molecule has 2 N–H and O–H groups in total. The number of methoxy groups -OCH3 is 2. The molecule has 256 valence electrons. The first-order valence-electron chi connectivity index (χ1n) is 16.7. The molecule has 5 heterocycles. The highest BCUT2D eigenvalue weighted by molar-refractivity contribution is 9.09. The number of carbonyl (C=O) groups excluding carboxylic acids is 2. The van der Waals surface area contributed by atoms with Gasteiger partial charge in [-0.3, -0.25) is 9.78 Å². The van der Waals surface area contributed by atoms with Crippen molar-refractivity contribution in [3.63, 3.8) is 0 Å². The number of nitrogens with zero attached hydrogens (tertiary/aromatic N) is 2. The zero-order valence-electron chi connectivity index (χ0n) is 29.5. The van der Waals surface area contributed by atoms with Gasteiger partial charge in [0.25, 0.3) is 0 Å². The van der Waals surface area contributed by atoms with Gasteiger partial charge in [0.1, 0.15) is 0 Å². The lowest BCUT2D eigenvalue weighted by Crippen LogP contribution is -2.10. The van der Waals surface area contributed by atoms with Crippen molar-refractivity contribution in [1.29, 1.82) is 0 Å². The van der Waals surface area contributed by atoms with Crippen molar-refractivity contribution >= 4 is 61.1 Å². The zero-order chi connectivity index (χ0) is 34.9. The minimum absolute atomic E-state index is 0.00922. The van der Waals surface area contributed by atoms with Crippen LogP contribution in [0.3, 0.4) is 0 Å². The molecule has 0 aliphatic carbocycles. The number of halogens is 1. The molecular formula is C38H47BrN4O5. The molecule has 8 bridgehead atoms. The minimum Gasteiger partial charge on any atom is -0.469 e. The van der Waals surface area contributed by atoms with Crippen LogP contribution < -0.4 is 0 Å². The Labute approximate surface area is 291 Å². The Hall–Kier alpha value is -3.76. The van der Waals surface area contributed by atoms with E-state index in [1.54, 1.807) is 0 Å². The van der Waals surface area contributed by atoms with Gasteiger partial charge in [0.2, 0.25) is 0 Å². The number of esters is 2. The lowest BCUT2D eigenvalue weighted by molar-refractivity contribution is -0.140. The number of ether oxygens (including phenoxy) is 3. The van der Waals surface area contributed by atoms with Crippen LogP contribution in [-0.2, 0) is 30.2 Å². The highest BCUT2D eigenvalue weighted by Gasteiger charge is 2.34. The second kappa shape index (κ2) is 14.8. The summed E-state index contributed by atoms with van der Waals surface area (Å²) in [5, 5.41) is 0.884. The van der Waals surface area contributed by atoms with Crippen molar-refractivity contribution in [1.82, 2.24) is 19.9 Å². The maximum Gasteiger partial charge on any atom is 0.340 e. The van der Waals surface area contributed by atoms with Crippen LogP contribution in [0, 0.1) is 20.8 Å². The van der Waals surface area contributed by atoms with Crippen molar-refractivity contribution in [3.05, 3.63) is 68.8 Å². The van der Waals surface area contributed by atoms with Crippen LogP contribution in [0.2, 0.25) is 0 Å². The summed E-state index contributed by atoms with van der Waals surface area (Å²) >= 11 is 3.52. The standard InChI is InChI=1S/C38H47BrN4O5/c1-10-25-19(2)27-18-32-34(24(7)48-15-11-14-39)21(4)29(41-32)16-28-20(3)26(12-13-33(44)46-8)36(42-28)23(6)37-35(38(45)47-9)22(5)30(43-37)17-31(25)40-27/h16-18,20,24,26,40-41H,10-15H2,1-9H3/t20-,24?,26-/m0/s1. The third-order valence-electron chi connectivity index (χ3n) is 10.0. The summed E-state index contributed by atoms with van der Waals surface area (Å²) in [6.07, 6.45) is 2.40. The van der Waals surface area contributed by atoms with Gasteiger partial charge in [0.15, 0.2) is 0 Å². The molecule has 3 aromatic heterocycles. The molecule has 0 aromatic carbocycles. The smallest absolute Gasteiger partial charge is 0.340 e. The van der Waals surface area contributed by atoms with Crippen molar-refractivity contribution in [2.75, 3.05) is 26.2 Å². The summed E-state index contributed by atoms with van der Waals surface area (Å²) in [5.41, 5.74) is 13.4. The maximum absolute atomic E-state index is 13.3. The van der Waals surface area contributed by atoms with Crippen LogP contribution in [0.4, 0.5) is 0 Å². The molecule has 5 rings (SSSR count). The largest absolute Gasteiger partial charge is 0.469 e. The summed E-state index contributed by atoms with van der Waals surface area (Å²) in [7, 11) is 2.80. The third-order valence-corrected chi connectivity index (χ3v) is 10.6. The van der Waals surface area contributed by atoms with Gasteiger partial charge < -0.3 is 24.2 Å². The third kappa shape index (κ3) is 6.61. The monoisotopic (exact) mass is 718 g/mol. The number of hydrogen-bond acceptors (Lipinski definition) is 7. The molecule has 0 saturated carbocycles. The van der Waals surface area contributed by atoms with E-state index in [-0.39, 0.29) is 30.3 Å². The fourth-order valence-electron chi connectivity index (χ4n) is 7.17. The molecule has 48 heavy (non-hydrogen) atoms. The molecule has 0 spiro atoms. The van der Waals surface area contributed by atoms with Gasteiger partial charge in [0, 0.05) is 69.2 Å². The summed E-state index contributed by atoms with van der Waals surface area (Å²) in [6.45, 7) is 15.2. The molecule has 3 aromatic rings. The number of carbonyl (C=O) groups is 2. The van der Waals surface area contributed by atoms with Crippen molar-refractivity contribution in [3.8, 4) is 0 Å². The Kier molecular flexibility index (Phi) is 10.9. The number of alkyl halides is 1. The predicted molar refractivity (Wildman–Crippen MR) is 194 cm³/mol. The number of aromatic nitrogens is 4. The molecule has 9 nitrogen and oxygen atoms in total. The van der Waals surface area contributed by atoms with E-state index in [4.69, 9.17) is 24.2 Å². The second-order valence-corrected chi connectivity index (χ2v) is 13.6. The van der Waals surface area contributed by atoms with E-state index in [9.17, 15) is 9.59 Å². The Morgan fingerprint density at radius 3 is 2.31 bits per heavy atom. The Morgan fingerprint density at radius 1 is 0.938 bits per heavy atom. The summed E-state index contributed by atoms with van der Waals surface area (Å²) in [6, 6.07) is 6.33. The number of aryl methyl sites for hydroxylation is 3. The predicted octanol–water partition coefficient (Wildman–Crippen LogP) is 8.61. The minimum atomic E-state index is -0.443. The van der Waals surface area contributed by atoms with E-state index < -0.39 is 5.97 Å². The topological polar surface area (TPSA) is 119 Å². The normalized spacial score (nSPS) is 16.7. The quantitative estimate of drug-likeness (QED) is 0.122. The highest BCUT2D eigenvalue weighted by Crippen LogP contribution is 2.43. The van der Waals surface area contributed by atoms with E-state index in [1.165, 1.54) is 19.8 Å². The average molecular weight is 720 g/mol. The number of hydrogen-bond donors (Lipinski definition) is 2. The fourth-order valence-corrected chi connectivity index (χ4v) is 7.40. The van der Waals surface area contributed by atoms with E-state index >= 15 is 0 Å². The second-order valence-electron chi connectivity index (χ2n) is 12.8. The SMILES string of the molecule is CCc1c(C)c2cc3[nH]c(cc4nc(c(C)c5nc(cc1[nH]2)C(C)=C5C(=O)OC)[C@@H](CCC(=O)OC)[C@@H]4C)c(C)c3C(C)OCCCBr. The number of H-pyrrole nitrogens is 2. The number of aromatic amines is 2. The van der Waals surface area contributed by atoms with Gasteiger partial charge in [-0.05, 0) is 99.9 Å². The first-order chi connectivity index (χ1) is 22.9. The van der Waals surface area contributed by atoms with Crippen LogP contribution in [0.15, 0.2) is 18.2 Å². The first-order valence-corrected chi connectivity index (χ1v) is 17.8. The molecule has 2 aliphatic heterocycles. The zero-order valence-corrected chi connectivity index (χ0v) is 31.1. The number of nitrogens with one attached hydrogen (secondary N) is 2. The van der Waals surface area contributed by atoms with Gasteiger partial charge >= 0.3 is 11.9 Å². The first kappa shape index (κ1) is 35.5. The highest BCUT2D eigenvalue weighted by atomic mass is 79.9. The van der Waals surface area contributed by atoms with E-state index in [0.717, 1.165) is 79.5 Å². The molecule has 10 heteroatoms. The number of rotatable bonds is 10. The molecular weight excluding hydrogens is 672 g/mol. The molecule has 0 amide bonds. The summed E-state index contributed by atoms with van der Waals surface area (Å²) < 4.78 is 16.6. The van der Waals surface area contributed by atoms with Gasteiger partial charge in [-0.1, -0.05) is 29.8 Å². The van der Waals surface area contributed by atoms with E-state index in [1.807, 2.05) is 19.9 Å². The molecule has 1 unspecified atom stereocenters. The van der Waals surface area contributed by atoms with Gasteiger partial charge in [0.05, 0.1) is 37.3 Å².